The van der Waals surface area contributed by atoms with Gasteiger partial charge in [0.25, 0.3) is 0 Å². The summed E-state index contributed by atoms with van der Waals surface area (Å²) in [5.74, 6) is 0.127. The minimum atomic E-state index is -0.766. The number of amides is 3. The second kappa shape index (κ2) is 10.8. The molecule has 4 N–H and O–H groups in total. The van der Waals surface area contributed by atoms with Crippen LogP contribution < -0.4 is 11.5 Å². The lowest BCUT2D eigenvalue weighted by Gasteiger charge is -2.34. The lowest BCUT2D eigenvalue weighted by Crippen LogP contribution is -2.47. The number of aliphatic imine (C=N–C) groups is 1. The fraction of sp³-hybridized carbons (Fsp3) is 0.333. The number of carbonyl (C=O) groups excluding carboxylic acids is 2. The molecule has 1 aromatic heterocycles. The van der Waals surface area contributed by atoms with E-state index in [0.717, 1.165) is 52.7 Å². The highest BCUT2D eigenvalue weighted by Gasteiger charge is 2.36. The number of nitrogens with two attached hydrogens (primary N) is 2. The summed E-state index contributed by atoms with van der Waals surface area (Å²) >= 11 is 8.09. The van der Waals surface area contributed by atoms with Crippen molar-refractivity contribution in [3.63, 3.8) is 0 Å². The Kier molecular flexibility index (Phi) is 7.71. The van der Waals surface area contributed by atoms with Crippen molar-refractivity contribution >= 4 is 50.9 Å². The molecule has 2 aliphatic rings. The summed E-state index contributed by atoms with van der Waals surface area (Å²) in [5, 5.41) is 12.9. The van der Waals surface area contributed by atoms with E-state index in [-0.39, 0.29) is 24.3 Å². The fourth-order valence-electron chi connectivity index (χ4n) is 4.58. The van der Waals surface area contributed by atoms with Crippen molar-refractivity contribution in [3.8, 4) is 17.2 Å². The molecule has 1 fully saturated rings. The molecule has 0 saturated carbocycles. The zero-order valence-electron chi connectivity index (χ0n) is 20.8. The average Bonchev–Trinajstić information content (AvgIpc) is 3.37. The first-order valence-electron chi connectivity index (χ1n) is 12.0. The number of hydrogen-bond donors (Lipinski definition) is 2. The maximum absolute atomic E-state index is 12.4. The van der Waals surface area contributed by atoms with E-state index in [2.05, 4.69) is 11.1 Å². The van der Waals surface area contributed by atoms with Crippen molar-refractivity contribution in [2.45, 2.75) is 38.1 Å². The van der Waals surface area contributed by atoms with Crippen molar-refractivity contribution in [3.05, 3.63) is 57.9 Å². The van der Waals surface area contributed by atoms with Gasteiger partial charge in [0.1, 0.15) is 0 Å². The van der Waals surface area contributed by atoms with Crippen LogP contribution in [0.3, 0.4) is 0 Å². The minimum Gasteiger partial charge on any atom is -0.369 e. The summed E-state index contributed by atoms with van der Waals surface area (Å²) in [6, 6.07) is 13.2. The Bertz CT molecular complexity index is 1420. The maximum Gasteiger partial charge on any atom is 0.314 e. The Morgan fingerprint density at radius 3 is 2.51 bits per heavy atom. The van der Waals surface area contributed by atoms with E-state index in [1.54, 1.807) is 41.5 Å². The number of benzene rings is 2. The standard InChI is InChI=1S/C21H17ClN4OS.C6H12N2O/c1-21(10-18(27)26(2)20(24)25-21)14-8-13-5-6-28-19(13)16(9-14)15-7-12(11-23)3-4-17(15)22;7-6(9)8-4-2-1-3-5-8/h3-9H,10H2,1-2H3,(H2,24,25);1-5H2,(H2,7,9)/t21-;/m0./s1. The smallest absolute Gasteiger partial charge is 0.314 e. The van der Waals surface area contributed by atoms with Crippen LogP contribution in [0.15, 0.2) is 46.8 Å². The molecule has 2 aromatic carbocycles. The molecule has 0 radical (unpaired) electrons. The molecular weight excluding hydrogens is 508 g/mol. The van der Waals surface area contributed by atoms with Crippen molar-refractivity contribution < 1.29 is 9.59 Å². The third kappa shape index (κ3) is 5.55. The van der Waals surface area contributed by atoms with Crippen LogP contribution >= 0.6 is 22.9 Å². The third-order valence-electron chi connectivity index (χ3n) is 6.80. The molecule has 2 aliphatic heterocycles. The normalized spacial score (nSPS) is 19.6. The van der Waals surface area contributed by atoms with Crippen molar-refractivity contribution in [2.75, 3.05) is 20.1 Å². The predicted octanol–water partition coefficient (Wildman–Crippen LogP) is 5.04. The molecule has 1 atom stereocenters. The monoisotopic (exact) mass is 536 g/mol. The Morgan fingerprint density at radius 1 is 1.16 bits per heavy atom. The number of piperidine rings is 1. The highest BCUT2D eigenvalue weighted by Crippen LogP contribution is 2.42. The van der Waals surface area contributed by atoms with Gasteiger partial charge in [0, 0.05) is 41.0 Å². The molecular formula is C27H29ClN6O2S. The first-order valence-corrected chi connectivity index (χ1v) is 13.3. The van der Waals surface area contributed by atoms with Gasteiger partial charge in [-0.1, -0.05) is 11.6 Å². The summed E-state index contributed by atoms with van der Waals surface area (Å²) in [7, 11) is 1.63. The first-order chi connectivity index (χ1) is 17.6. The zero-order valence-corrected chi connectivity index (χ0v) is 22.4. The first kappa shape index (κ1) is 26.5. The summed E-state index contributed by atoms with van der Waals surface area (Å²) in [4.78, 5) is 30.6. The molecule has 8 nitrogen and oxygen atoms in total. The van der Waals surface area contributed by atoms with Crippen molar-refractivity contribution in [1.82, 2.24) is 9.80 Å². The fourth-order valence-corrected chi connectivity index (χ4v) is 5.71. The van der Waals surface area contributed by atoms with Gasteiger partial charge in [-0.3, -0.25) is 9.69 Å². The summed E-state index contributed by atoms with van der Waals surface area (Å²) < 4.78 is 1.07. The number of primary amides is 1. The number of halogens is 1. The molecule has 10 heteroatoms. The molecule has 3 heterocycles. The highest BCUT2D eigenvalue weighted by molar-refractivity contribution is 7.17. The van der Waals surface area contributed by atoms with E-state index in [1.165, 1.54) is 11.3 Å². The van der Waals surface area contributed by atoms with Gasteiger partial charge in [-0.05, 0) is 78.9 Å². The number of urea groups is 1. The lowest BCUT2D eigenvalue weighted by atomic mass is 9.85. The van der Waals surface area contributed by atoms with E-state index in [9.17, 15) is 14.9 Å². The van der Waals surface area contributed by atoms with Gasteiger partial charge in [0.2, 0.25) is 5.91 Å². The molecule has 3 amide bonds. The highest BCUT2D eigenvalue weighted by atomic mass is 35.5. The molecule has 5 rings (SSSR count). The molecule has 0 aliphatic carbocycles. The number of nitriles is 1. The van der Waals surface area contributed by atoms with Crippen molar-refractivity contribution in [2.24, 2.45) is 16.5 Å². The topological polar surface area (TPSA) is 129 Å². The second-order valence-corrected chi connectivity index (χ2v) is 10.8. The number of likely N-dealkylation sites (tertiary alicyclic amines) is 1. The van der Waals surface area contributed by atoms with E-state index in [1.807, 2.05) is 30.5 Å². The molecule has 192 valence electrons. The van der Waals surface area contributed by atoms with Crippen LogP contribution in [0, 0.1) is 11.3 Å². The van der Waals surface area contributed by atoms with Gasteiger partial charge in [-0.25, -0.2) is 9.79 Å². The molecule has 1 saturated heterocycles. The summed E-state index contributed by atoms with van der Waals surface area (Å²) in [5.41, 5.74) is 13.4. The largest absolute Gasteiger partial charge is 0.369 e. The quantitative estimate of drug-likeness (QED) is 0.475. The minimum absolute atomic E-state index is 0.0773. The van der Waals surface area contributed by atoms with Gasteiger partial charge in [-0.2, -0.15) is 5.26 Å². The molecule has 0 spiro atoms. The second-order valence-electron chi connectivity index (χ2n) is 9.43. The Balaban J connectivity index is 0.000000301. The third-order valence-corrected chi connectivity index (χ3v) is 8.09. The zero-order chi connectivity index (χ0) is 26.7. The Hall–Kier alpha value is -3.61. The summed E-state index contributed by atoms with van der Waals surface area (Å²) in [6.07, 6.45) is 3.70. The Labute approximate surface area is 225 Å². The van der Waals surface area contributed by atoms with Gasteiger partial charge < -0.3 is 16.4 Å². The van der Waals surface area contributed by atoms with E-state index >= 15 is 0 Å². The van der Waals surface area contributed by atoms with E-state index in [0.29, 0.717) is 10.6 Å². The van der Waals surface area contributed by atoms with Crippen LogP contribution in [0.5, 0.6) is 0 Å². The number of fused-ring (bicyclic) bond motifs is 1. The van der Waals surface area contributed by atoms with Gasteiger partial charge >= 0.3 is 6.03 Å². The number of rotatable bonds is 2. The molecule has 37 heavy (non-hydrogen) atoms. The lowest BCUT2D eigenvalue weighted by molar-refractivity contribution is -0.128. The average molecular weight is 537 g/mol. The molecule has 0 unspecified atom stereocenters. The van der Waals surface area contributed by atoms with Crippen LogP contribution in [0.2, 0.25) is 5.02 Å². The number of carbonyl (C=O) groups is 2. The van der Waals surface area contributed by atoms with Crippen LogP contribution in [0.4, 0.5) is 4.79 Å². The number of nitrogens with zero attached hydrogens (tertiary/aromatic N) is 4. The van der Waals surface area contributed by atoms with Crippen LogP contribution in [0.25, 0.3) is 21.2 Å². The SMILES string of the molecule is CN1C(=O)C[C@@](C)(c2cc(-c3cc(C#N)ccc3Cl)c3sccc3c2)N=C1N.NC(=O)N1CCCCC1. The maximum atomic E-state index is 12.4. The van der Waals surface area contributed by atoms with Crippen LogP contribution in [0.1, 0.15) is 43.7 Å². The van der Waals surface area contributed by atoms with Crippen molar-refractivity contribution in [1.29, 1.82) is 5.26 Å². The number of hydrogen-bond acceptors (Lipinski definition) is 6. The molecule has 0 bridgehead atoms. The van der Waals surface area contributed by atoms with Gasteiger partial charge in [-0.15, -0.1) is 11.3 Å². The van der Waals surface area contributed by atoms with E-state index in [4.69, 9.17) is 23.1 Å². The predicted molar refractivity (Wildman–Crippen MR) is 148 cm³/mol. The number of thiophene rings is 1. The summed E-state index contributed by atoms with van der Waals surface area (Å²) in [6.45, 7) is 3.63. The van der Waals surface area contributed by atoms with Gasteiger partial charge in [0.05, 0.1) is 23.6 Å². The molecule has 3 aromatic rings. The Morgan fingerprint density at radius 2 is 1.89 bits per heavy atom. The van der Waals surface area contributed by atoms with Crippen LogP contribution in [-0.2, 0) is 10.3 Å². The van der Waals surface area contributed by atoms with Crippen LogP contribution in [-0.4, -0.2) is 47.8 Å². The van der Waals surface area contributed by atoms with E-state index < -0.39 is 5.54 Å². The van der Waals surface area contributed by atoms with Gasteiger partial charge in [0.15, 0.2) is 5.96 Å². The number of guanidine groups is 1.